The topological polar surface area (TPSA) is 153 Å². The molecule has 3 N–H and O–H groups in total. The summed E-state index contributed by atoms with van der Waals surface area (Å²) in [5.74, 6) is 1.00. The Morgan fingerprint density at radius 3 is 2.58 bits per heavy atom. The molecule has 7 aromatic rings. The van der Waals surface area contributed by atoms with E-state index >= 15 is 0 Å². The van der Waals surface area contributed by atoms with Gasteiger partial charge in [-0.25, -0.2) is 22.9 Å². The highest BCUT2D eigenvalue weighted by Gasteiger charge is 2.24. The average molecular weight is 710 g/mol. The smallest absolute Gasteiger partial charge is 0.282 e. The zero-order valence-electron chi connectivity index (χ0n) is 28.5. The van der Waals surface area contributed by atoms with Crippen LogP contribution in [0.4, 0.5) is 11.5 Å². The third-order valence-corrected chi connectivity index (χ3v) is 10.8. The Hall–Kier alpha value is -5.25. The fourth-order valence-electron chi connectivity index (χ4n) is 6.12. The number of hydrogen-bond donors (Lipinski definition) is 3. The fraction of sp³-hybridized carbons (Fsp3) is 0.257. The van der Waals surface area contributed by atoms with Gasteiger partial charge in [0.1, 0.15) is 30.0 Å². The number of H-pyrrole nitrogens is 1. The summed E-state index contributed by atoms with van der Waals surface area (Å²) >= 11 is 0. The molecule has 0 fully saturated rings. The van der Waals surface area contributed by atoms with Gasteiger partial charge in [-0.05, 0) is 61.0 Å². The molecule has 0 aliphatic heterocycles. The van der Waals surface area contributed by atoms with Crippen LogP contribution in [0, 0.1) is 0 Å². The number of sulfonamides is 1. The third-order valence-electron chi connectivity index (χ3n) is 8.49. The molecule has 0 aliphatic carbocycles. The van der Waals surface area contributed by atoms with E-state index in [4.69, 9.17) is 19.8 Å². The number of benzene rings is 2. The molecule has 0 saturated carbocycles. The lowest BCUT2D eigenvalue weighted by Crippen LogP contribution is -2.29. The van der Waals surface area contributed by atoms with Gasteiger partial charge in [-0.2, -0.15) is 5.10 Å². The molecular formula is C35H39N9O4SSi. The Bertz CT molecular complexity index is 2510. The van der Waals surface area contributed by atoms with Crippen molar-refractivity contribution >= 4 is 57.1 Å². The molecule has 1 atom stereocenters. The highest BCUT2D eigenvalue weighted by Crippen LogP contribution is 2.40. The maximum Gasteiger partial charge on any atom is 0.282 e. The van der Waals surface area contributed by atoms with Gasteiger partial charge in [0.05, 0.1) is 29.1 Å². The van der Waals surface area contributed by atoms with Crippen molar-refractivity contribution < 1.29 is 13.2 Å². The first-order valence-electron chi connectivity index (χ1n) is 16.3. The average Bonchev–Trinajstić information content (AvgIpc) is 3.81. The number of aromatic nitrogens is 7. The predicted molar refractivity (Wildman–Crippen MR) is 200 cm³/mol. The van der Waals surface area contributed by atoms with E-state index in [2.05, 4.69) is 34.7 Å². The van der Waals surface area contributed by atoms with Crippen LogP contribution in [0.25, 0.3) is 44.3 Å². The first-order chi connectivity index (χ1) is 23.9. The molecule has 13 nitrogen and oxygen atoms in total. The fourth-order valence-corrected chi connectivity index (χ4v) is 7.42. The van der Waals surface area contributed by atoms with Gasteiger partial charge in [0.25, 0.3) is 5.56 Å². The number of para-hydroxylation sites is 1. The number of rotatable bonds is 12. The van der Waals surface area contributed by atoms with Gasteiger partial charge in [-0.3, -0.25) is 14.1 Å². The summed E-state index contributed by atoms with van der Waals surface area (Å²) < 4.78 is 38.5. The number of ether oxygens (including phenoxy) is 1. The molecule has 5 aromatic heterocycles. The van der Waals surface area contributed by atoms with Crippen molar-refractivity contribution in [3.05, 3.63) is 102 Å². The minimum atomic E-state index is -3.55. The lowest BCUT2D eigenvalue weighted by molar-refractivity contribution is 0.0899. The second-order valence-corrected chi connectivity index (χ2v) is 21.0. The van der Waals surface area contributed by atoms with Crippen molar-refractivity contribution in [2.75, 3.05) is 22.9 Å². The van der Waals surface area contributed by atoms with E-state index in [1.54, 1.807) is 33.5 Å². The van der Waals surface area contributed by atoms with E-state index < -0.39 is 24.1 Å². The molecule has 0 amide bonds. The van der Waals surface area contributed by atoms with E-state index in [0.717, 1.165) is 34.3 Å². The Labute approximate surface area is 290 Å². The van der Waals surface area contributed by atoms with E-state index in [9.17, 15) is 13.2 Å². The largest absolute Gasteiger partial charge is 0.361 e. The SMILES string of the molecule is C[C@H](Nc1ncnc2c1c(-c1cc(NS(C)(=O)=O)cc3[nH]ccc13)cn2COCC[Si](C)(C)C)c1nn2cccc2c(=O)n1-c1ccccc1. The zero-order valence-corrected chi connectivity index (χ0v) is 30.3. The summed E-state index contributed by atoms with van der Waals surface area (Å²) in [4.78, 5) is 26.5. The standard InChI is InChI=1S/C35H39N9O4SSi/c1-23(33-40-43-15-9-12-30(43)35(45)44(33)25-10-7-6-8-11-25)39-32-31-28(20-42(34(31)38-21-37-32)22-48-16-17-50(3,4)5)27-18-24(41-49(2,46)47)19-29-26(27)13-14-36-29/h6-15,18-21,23,36,41H,16-17,22H2,1-5H3,(H,37,38,39)/t23-/m0/s1. The third kappa shape index (κ3) is 6.66. The number of aromatic amines is 1. The van der Waals surface area contributed by atoms with Crippen LogP contribution < -0.4 is 15.6 Å². The van der Waals surface area contributed by atoms with Gasteiger partial charge in [0.2, 0.25) is 10.0 Å². The van der Waals surface area contributed by atoms with E-state index in [-0.39, 0.29) is 12.3 Å². The summed E-state index contributed by atoms with van der Waals surface area (Å²) in [6.07, 6.45) is 8.17. The molecule has 258 valence electrons. The first kappa shape index (κ1) is 33.3. The highest BCUT2D eigenvalue weighted by molar-refractivity contribution is 7.92. The molecule has 0 unspecified atom stereocenters. The summed E-state index contributed by atoms with van der Waals surface area (Å²) in [7, 11) is -4.86. The molecule has 7 rings (SSSR count). The van der Waals surface area contributed by atoms with Gasteiger partial charge in [-0.15, -0.1) is 0 Å². The molecular weight excluding hydrogens is 671 g/mol. The number of nitrogens with zero attached hydrogens (tertiary/aromatic N) is 6. The number of anilines is 2. The molecule has 50 heavy (non-hydrogen) atoms. The molecule has 15 heteroatoms. The number of fused-ring (bicyclic) bond motifs is 3. The van der Waals surface area contributed by atoms with Crippen LogP contribution in [0.2, 0.25) is 25.7 Å². The molecule has 2 aromatic carbocycles. The van der Waals surface area contributed by atoms with Crippen LogP contribution in [-0.4, -0.2) is 63.1 Å². The Balaban J connectivity index is 1.38. The second-order valence-electron chi connectivity index (χ2n) is 13.7. The van der Waals surface area contributed by atoms with Crippen molar-refractivity contribution in [2.45, 2.75) is 45.4 Å². The number of hydrogen-bond acceptors (Lipinski definition) is 8. The van der Waals surface area contributed by atoms with E-state index in [1.165, 1.54) is 6.33 Å². The minimum absolute atomic E-state index is 0.194. The van der Waals surface area contributed by atoms with Crippen LogP contribution in [0.3, 0.4) is 0 Å². The summed E-state index contributed by atoms with van der Waals surface area (Å²) in [5, 5.41) is 10.0. The highest BCUT2D eigenvalue weighted by atomic mass is 32.2. The quantitative estimate of drug-likeness (QED) is 0.0997. The maximum absolute atomic E-state index is 13.8. The normalized spacial score (nSPS) is 13.0. The van der Waals surface area contributed by atoms with Gasteiger partial charge >= 0.3 is 0 Å². The van der Waals surface area contributed by atoms with Crippen LogP contribution in [0.1, 0.15) is 18.8 Å². The van der Waals surface area contributed by atoms with Crippen molar-refractivity contribution in [1.29, 1.82) is 0 Å². The Kier molecular flexibility index (Phi) is 8.57. The summed E-state index contributed by atoms with van der Waals surface area (Å²) in [6, 6.07) is 19.0. The van der Waals surface area contributed by atoms with Crippen molar-refractivity contribution in [1.82, 2.24) is 33.7 Å². The minimum Gasteiger partial charge on any atom is -0.361 e. The van der Waals surface area contributed by atoms with Crippen LogP contribution >= 0.6 is 0 Å². The van der Waals surface area contributed by atoms with Gasteiger partial charge in [0, 0.05) is 49.7 Å². The maximum atomic E-state index is 13.8. The van der Waals surface area contributed by atoms with Gasteiger partial charge in [0.15, 0.2) is 5.82 Å². The lowest BCUT2D eigenvalue weighted by Gasteiger charge is -2.20. The molecule has 5 heterocycles. The molecule has 0 bridgehead atoms. The van der Waals surface area contributed by atoms with Gasteiger partial charge < -0.3 is 19.6 Å². The van der Waals surface area contributed by atoms with Crippen LogP contribution in [0.15, 0.2) is 90.4 Å². The van der Waals surface area contributed by atoms with Gasteiger partial charge in [-0.1, -0.05) is 37.8 Å². The van der Waals surface area contributed by atoms with Crippen LogP contribution in [0.5, 0.6) is 0 Å². The number of nitrogens with one attached hydrogen (secondary N) is 3. The lowest BCUT2D eigenvalue weighted by atomic mass is 10.0. The zero-order chi connectivity index (χ0) is 35.2. The summed E-state index contributed by atoms with van der Waals surface area (Å²) in [5.41, 5.74) is 4.33. The molecule has 0 saturated heterocycles. The molecule has 0 spiro atoms. The van der Waals surface area contributed by atoms with Crippen molar-refractivity contribution in [3.63, 3.8) is 0 Å². The Morgan fingerprint density at radius 2 is 1.82 bits per heavy atom. The summed E-state index contributed by atoms with van der Waals surface area (Å²) in [6.45, 7) is 9.76. The Morgan fingerprint density at radius 1 is 1.02 bits per heavy atom. The first-order valence-corrected chi connectivity index (χ1v) is 21.9. The van der Waals surface area contributed by atoms with Crippen LogP contribution in [-0.2, 0) is 21.5 Å². The van der Waals surface area contributed by atoms with E-state index in [0.29, 0.717) is 46.2 Å². The van der Waals surface area contributed by atoms with Crippen molar-refractivity contribution in [2.24, 2.45) is 0 Å². The molecule has 0 radical (unpaired) electrons. The second kappa shape index (κ2) is 12.9. The monoisotopic (exact) mass is 709 g/mol. The van der Waals surface area contributed by atoms with E-state index in [1.807, 2.05) is 66.3 Å². The predicted octanol–water partition coefficient (Wildman–Crippen LogP) is 6.24. The molecule has 0 aliphatic rings. The van der Waals surface area contributed by atoms with Crippen molar-refractivity contribution in [3.8, 4) is 16.8 Å².